The molecule has 0 aliphatic rings. The summed E-state index contributed by atoms with van der Waals surface area (Å²) in [5, 5.41) is 8.58. The number of hydrogen-bond donors (Lipinski definition) is 1. The van der Waals surface area contributed by atoms with Crippen molar-refractivity contribution in [1.82, 2.24) is 0 Å². The summed E-state index contributed by atoms with van der Waals surface area (Å²) >= 11 is 0. The molecule has 0 saturated carbocycles. The minimum Gasteiger partial charge on any atom is -0.477 e. The maximum atomic E-state index is 13.7. The van der Waals surface area contributed by atoms with Crippen LogP contribution in [0, 0.1) is 0 Å². The Kier molecular flexibility index (Phi) is 8.62. The molecule has 0 spiro atoms. The molecule has 0 rings (SSSR count). The summed E-state index contributed by atoms with van der Waals surface area (Å²) in [6.07, 6.45) is -15.1. The van der Waals surface area contributed by atoms with Crippen LogP contribution in [0.15, 0.2) is 0 Å². The van der Waals surface area contributed by atoms with Crippen molar-refractivity contribution in [2.45, 2.75) is 60.7 Å². The van der Waals surface area contributed by atoms with Crippen molar-refractivity contribution in [3.05, 3.63) is 0 Å². The van der Waals surface area contributed by atoms with Gasteiger partial charge in [-0.1, -0.05) is 0 Å². The Labute approximate surface area is 179 Å². The van der Waals surface area contributed by atoms with E-state index in [4.69, 9.17) is 5.11 Å². The molecule has 0 aromatic carbocycles. The normalized spacial score (nSPS) is 16.5. The van der Waals surface area contributed by atoms with Crippen molar-refractivity contribution in [3.63, 3.8) is 0 Å². The fraction of sp³-hybridized carbons (Fsp3) is 0.933. The predicted octanol–water partition coefficient (Wildman–Crippen LogP) is 5.64. The van der Waals surface area contributed by atoms with E-state index < -0.39 is 84.3 Å². The minimum atomic E-state index is -8.47. The van der Waals surface area contributed by atoms with Crippen molar-refractivity contribution >= 4 is 5.97 Å². The van der Waals surface area contributed by atoms with Crippen LogP contribution in [0.25, 0.3) is 0 Å². The summed E-state index contributed by atoms with van der Waals surface area (Å²) < 4.78 is 209. The first-order chi connectivity index (χ1) is 14.5. The highest BCUT2D eigenvalue weighted by Crippen LogP contribution is 2.62. The number of aliphatic carboxylic acids is 1. The number of nitrogens with zero attached hydrogens (tertiary/aromatic N) is 1. The Bertz CT molecular complexity index is 730. The smallest absolute Gasteiger partial charge is 0.460 e. The summed E-state index contributed by atoms with van der Waals surface area (Å²) in [5.41, 5.74) is 0. The van der Waals surface area contributed by atoms with Crippen LogP contribution in [0.1, 0.15) is 12.8 Å². The van der Waals surface area contributed by atoms with Gasteiger partial charge >= 0.3 is 47.7 Å². The summed E-state index contributed by atoms with van der Waals surface area (Å²) in [7, 11) is 2.21. The lowest BCUT2D eigenvalue weighted by atomic mass is 9.89. The van der Waals surface area contributed by atoms with Crippen molar-refractivity contribution in [1.29, 1.82) is 0 Å². The van der Waals surface area contributed by atoms with Crippen LogP contribution in [0.5, 0.6) is 0 Å². The standard InChI is InChI=1S/C15H15F16NO2/c1-32(2,6-8(33)34)5-3-4-7(16)9(17,18)10(19,20)11(21,22)12(23,24)13(25,26)14(27,28)15(29,30)31/h7H,3-6H2,1-2H3/p+1. The molecule has 0 fully saturated rings. The highest BCUT2D eigenvalue weighted by atomic mass is 19.4. The van der Waals surface area contributed by atoms with Gasteiger partial charge in [0.1, 0.15) is 0 Å². The second-order valence-corrected chi connectivity index (χ2v) is 7.81. The van der Waals surface area contributed by atoms with Gasteiger partial charge in [0.25, 0.3) is 0 Å². The SMILES string of the molecule is C[N+](C)(CCCC(F)C(F)(F)C(F)(F)C(F)(F)C(F)(F)C(F)(F)C(F)(F)C(F)(F)F)CC(=O)O. The number of alkyl halides is 16. The molecule has 0 aromatic heterocycles. The number of hydrogen-bond acceptors (Lipinski definition) is 1. The predicted molar refractivity (Wildman–Crippen MR) is 79.3 cm³/mol. The number of carbonyl (C=O) groups is 1. The molecule has 0 amide bonds. The second kappa shape index (κ2) is 9.07. The molecule has 19 heteroatoms. The number of halogens is 16. The number of carboxylic acid groups (broad SMARTS) is 1. The van der Waals surface area contributed by atoms with E-state index in [-0.39, 0.29) is 0 Å². The van der Waals surface area contributed by atoms with E-state index in [0.29, 0.717) is 0 Å². The number of likely N-dealkylation sites (N-methyl/N-ethyl adjacent to an activating group) is 1. The van der Waals surface area contributed by atoms with Crippen molar-refractivity contribution in [3.8, 4) is 0 Å². The van der Waals surface area contributed by atoms with Crippen LogP contribution in [0.4, 0.5) is 70.2 Å². The van der Waals surface area contributed by atoms with Gasteiger partial charge in [0, 0.05) is 0 Å². The number of carboxylic acids is 1. The van der Waals surface area contributed by atoms with E-state index in [1.54, 1.807) is 0 Å². The quantitative estimate of drug-likeness (QED) is 0.254. The summed E-state index contributed by atoms with van der Waals surface area (Å²) in [4.78, 5) is 10.6. The van der Waals surface area contributed by atoms with Gasteiger partial charge in [0.05, 0.1) is 20.6 Å². The van der Waals surface area contributed by atoms with E-state index >= 15 is 0 Å². The Morgan fingerprint density at radius 1 is 0.706 bits per heavy atom. The van der Waals surface area contributed by atoms with Crippen LogP contribution in [0.2, 0.25) is 0 Å². The molecule has 0 aliphatic heterocycles. The summed E-state index contributed by atoms with van der Waals surface area (Å²) in [5.74, 6) is -49.6. The molecule has 1 atom stereocenters. The van der Waals surface area contributed by atoms with E-state index in [1.165, 1.54) is 0 Å². The number of quaternary nitrogens is 1. The molecular formula is C15H16F16NO2+. The Morgan fingerprint density at radius 2 is 1.06 bits per heavy atom. The monoisotopic (exact) mass is 546 g/mol. The molecule has 0 radical (unpaired) electrons. The average molecular weight is 546 g/mol. The zero-order valence-electron chi connectivity index (χ0n) is 16.8. The number of rotatable bonds is 12. The van der Waals surface area contributed by atoms with Gasteiger partial charge < -0.3 is 9.59 Å². The first-order valence-electron chi connectivity index (χ1n) is 8.56. The molecule has 0 aliphatic carbocycles. The van der Waals surface area contributed by atoms with Crippen LogP contribution in [-0.2, 0) is 4.79 Å². The van der Waals surface area contributed by atoms with Crippen LogP contribution in [-0.4, -0.2) is 90.6 Å². The maximum absolute atomic E-state index is 13.7. The summed E-state index contributed by atoms with van der Waals surface area (Å²) in [6, 6.07) is 0. The third-order valence-corrected chi connectivity index (χ3v) is 4.53. The zero-order chi connectivity index (χ0) is 28.0. The van der Waals surface area contributed by atoms with Gasteiger partial charge in [-0.25, -0.2) is 9.18 Å². The maximum Gasteiger partial charge on any atom is 0.460 e. The topological polar surface area (TPSA) is 37.3 Å². The van der Waals surface area contributed by atoms with Crippen molar-refractivity contribution in [2.75, 3.05) is 27.2 Å². The molecule has 3 nitrogen and oxygen atoms in total. The molecule has 204 valence electrons. The molecule has 34 heavy (non-hydrogen) atoms. The van der Waals surface area contributed by atoms with Crippen LogP contribution >= 0.6 is 0 Å². The van der Waals surface area contributed by atoms with E-state index in [9.17, 15) is 75.0 Å². The lowest BCUT2D eigenvalue weighted by Gasteiger charge is -2.42. The zero-order valence-corrected chi connectivity index (χ0v) is 16.8. The van der Waals surface area contributed by atoms with Crippen LogP contribution in [0.3, 0.4) is 0 Å². The fourth-order valence-corrected chi connectivity index (χ4v) is 2.50. The first-order valence-corrected chi connectivity index (χ1v) is 8.56. The van der Waals surface area contributed by atoms with E-state index in [2.05, 4.69) is 0 Å². The fourth-order valence-electron chi connectivity index (χ4n) is 2.50. The molecule has 0 aromatic rings. The Balaban J connectivity index is 6.06. The molecule has 1 unspecified atom stereocenters. The first kappa shape index (κ1) is 32.3. The van der Waals surface area contributed by atoms with Gasteiger partial charge in [-0.2, -0.15) is 65.9 Å². The third kappa shape index (κ3) is 5.27. The second-order valence-electron chi connectivity index (χ2n) is 7.81. The largest absolute Gasteiger partial charge is 0.477 e. The molecule has 0 bridgehead atoms. The lowest BCUT2D eigenvalue weighted by molar-refractivity contribution is -0.883. The van der Waals surface area contributed by atoms with Crippen molar-refractivity contribution in [2.24, 2.45) is 0 Å². The lowest BCUT2D eigenvalue weighted by Crippen LogP contribution is -2.73. The Hall–Kier alpha value is -1.69. The van der Waals surface area contributed by atoms with E-state index in [1.807, 2.05) is 0 Å². The molecular weight excluding hydrogens is 530 g/mol. The minimum absolute atomic E-state index is 0.600. The van der Waals surface area contributed by atoms with Crippen molar-refractivity contribution < 1.29 is 84.6 Å². The van der Waals surface area contributed by atoms with Gasteiger partial charge in [-0.05, 0) is 12.8 Å². The van der Waals surface area contributed by atoms with Gasteiger partial charge in [0.15, 0.2) is 12.7 Å². The molecule has 0 heterocycles. The highest BCUT2D eigenvalue weighted by molar-refractivity contribution is 5.67. The van der Waals surface area contributed by atoms with Gasteiger partial charge in [0.2, 0.25) is 0 Å². The van der Waals surface area contributed by atoms with Gasteiger partial charge in [-0.15, -0.1) is 0 Å². The third-order valence-electron chi connectivity index (χ3n) is 4.53. The highest BCUT2D eigenvalue weighted by Gasteiger charge is 2.93. The van der Waals surface area contributed by atoms with E-state index in [0.717, 1.165) is 14.1 Å². The Morgan fingerprint density at radius 3 is 1.41 bits per heavy atom. The molecule has 0 saturated heterocycles. The summed E-state index contributed by atoms with van der Waals surface area (Å²) in [6.45, 7) is -1.34. The van der Waals surface area contributed by atoms with Gasteiger partial charge in [-0.3, -0.25) is 0 Å². The molecule has 1 N–H and O–H groups in total. The van der Waals surface area contributed by atoms with Crippen LogP contribution < -0.4 is 0 Å². The average Bonchev–Trinajstić information content (AvgIpc) is 2.58.